The monoisotopic (exact) mass is 486 g/mol. The van der Waals surface area contributed by atoms with Gasteiger partial charge in [0.1, 0.15) is 18.1 Å². The molecule has 3 saturated heterocycles. The van der Waals surface area contributed by atoms with Gasteiger partial charge in [0.15, 0.2) is 18.2 Å². The molecular formula is C29H29FN3O3+. The third-order valence-corrected chi connectivity index (χ3v) is 7.77. The Kier molecular flexibility index (Phi) is 5.82. The SMILES string of the molecule is OC(c1ccccc1)(c1ccccc1)c1noc(C[N+]23CCC(CC2)C(Oc2cccc(F)c2)C3)n1. The summed E-state index contributed by atoms with van der Waals surface area (Å²) in [6.07, 6.45) is 2.10. The summed E-state index contributed by atoms with van der Waals surface area (Å²) in [5, 5.41) is 16.2. The summed E-state index contributed by atoms with van der Waals surface area (Å²) in [6.45, 7) is 3.39. The second kappa shape index (κ2) is 9.15. The fourth-order valence-electron chi connectivity index (χ4n) is 5.83. The van der Waals surface area contributed by atoms with E-state index in [4.69, 9.17) is 14.2 Å². The van der Waals surface area contributed by atoms with Crippen LogP contribution in [0.1, 0.15) is 35.7 Å². The van der Waals surface area contributed by atoms with Crippen LogP contribution >= 0.6 is 0 Å². The molecule has 1 unspecified atom stereocenters. The maximum absolute atomic E-state index is 13.7. The Morgan fingerprint density at radius 1 is 0.944 bits per heavy atom. The lowest BCUT2D eigenvalue weighted by Gasteiger charge is -2.51. The van der Waals surface area contributed by atoms with Crippen molar-refractivity contribution in [3.05, 3.63) is 114 Å². The molecule has 3 aliphatic rings. The molecule has 4 aromatic rings. The maximum Gasteiger partial charge on any atom is 0.282 e. The van der Waals surface area contributed by atoms with Gasteiger partial charge in [-0.25, -0.2) is 4.39 Å². The van der Waals surface area contributed by atoms with Crippen molar-refractivity contribution in [2.45, 2.75) is 31.1 Å². The summed E-state index contributed by atoms with van der Waals surface area (Å²) in [6, 6.07) is 25.2. The van der Waals surface area contributed by atoms with E-state index in [0.29, 0.717) is 35.2 Å². The fraction of sp³-hybridized carbons (Fsp3) is 0.310. The van der Waals surface area contributed by atoms with Gasteiger partial charge in [-0.3, -0.25) is 0 Å². The highest BCUT2D eigenvalue weighted by Crippen LogP contribution is 2.39. The van der Waals surface area contributed by atoms with Crippen LogP contribution in [0.15, 0.2) is 89.5 Å². The van der Waals surface area contributed by atoms with Crippen molar-refractivity contribution in [3.8, 4) is 5.75 Å². The number of rotatable bonds is 7. The molecule has 1 atom stereocenters. The maximum atomic E-state index is 13.7. The molecule has 3 aromatic carbocycles. The van der Waals surface area contributed by atoms with E-state index >= 15 is 0 Å². The Hall–Kier alpha value is -3.55. The fourth-order valence-corrected chi connectivity index (χ4v) is 5.83. The van der Waals surface area contributed by atoms with E-state index in [9.17, 15) is 9.50 Å². The van der Waals surface area contributed by atoms with Crippen molar-refractivity contribution in [2.75, 3.05) is 19.6 Å². The van der Waals surface area contributed by atoms with Crippen LogP contribution < -0.4 is 4.74 Å². The molecule has 36 heavy (non-hydrogen) atoms. The number of quaternary nitrogens is 1. The number of fused-ring (bicyclic) bond motifs is 3. The highest BCUT2D eigenvalue weighted by atomic mass is 19.1. The number of benzene rings is 3. The van der Waals surface area contributed by atoms with Crippen molar-refractivity contribution >= 4 is 0 Å². The number of aliphatic hydroxyl groups is 1. The first-order chi connectivity index (χ1) is 17.5. The number of nitrogens with zero attached hydrogens (tertiary/aromatic N) is 3. The van der Waals surface area contributed by atoms with Crippen molar-refractivity contribution in [3.63, 3.8) is 0 Å². The molecule has 6 nitrogen and oxygen atoms in total. The minimum absolute atomic E-state index is 0.0160. The smallest absolute Gasteiger partial charge is 0.282 e. The Morgan fingerprint density at radius 3 is 2.25 bits per heavy atom. The van der Waals surface area contributed by atoms with Gasteiger partial charge in [-0.1, -0.05) is 71.9 Å². The van der Waals surface area contributed by atoms with E-state index < -0.39 is 5.60 Å². The number of hydrogen-bond donors (Lipinski definition) is 1. The molecule has 0 amide bonds. The zero-order valence-corrected chi connectivity index (χ0v) is 20.0. The molecule has 0 aliphatic carbocycles. The minimum atomic E-state index is -1.53. The van der Waals surface area contributed by atoms with E-state index in [1.807, 2.05) is 66.7 Å². The van der Waals surface area contributed by atoms with Gasteiger partial charge in [0.25, 0.3) is 5.89 Å². The third-order valence-electron chi connectivity index (χ3n) is 7.77. The van der Waals surface area contributed by atoms with E-state index in [1.54, 1.807) is 6.07 Å². The van der Waals surface area contributed by atoms with Gasteiger partial charge >= 0.3 is 0 Å². The zero-order chi connectivity index (χ0) is 24.6. The number of halogens is 1. The zero-order valence-electron chi connectivity index (χ0n) is 20.0. The Balaban J connectivity index is 1.26. The normalized spacial score (nSPS) is 23.5. The van der Waals surface area contributed by atoms with Crippen LogP contribution in [0.3, 0.4) is 0 Å². The number of piperidine rings is 3. The lowest BCUT2D eigenvalue weighted by molar-refractivity contribution is -0.959. The topological polar surface area (TPSA) is 68.4 Å². The lowest BCUT2D eigenvalue weighted by Crippen LogP contribution is -2.64. The molecule has 1 N–H and O–H groups in total. The molecule has 3 fully saturated rings. The van der Waals surface area contributed by atoms with Gasteiger partial charge in [-0.2, -0.15) is 4.98 Å². The molecule has 1 aromatic heterocycles. The molecule has 7 rings (SSSR count). The summed E-state index contributed by atoms with van der Waals surface area (Å²) in [5.41, 5.74) is -0.168. The first-order valence-corrected chi connectivity index (χ1v) is 12.5. The highest BCUT2D eigenvalue weighted by Gasteiger charge is 2.48. The predicted molar refractivity (Wildman–Crippen MR) is 131 cm³/mol. The van der Waals surface area contributed by atoms with E-state index in [2.05, 4.69) is 5.16 Å². The minimum Gasteiger partial charge on any atom is -0.484 e. The van der Waals surface area contributed by atoms with Crippen LogP contribution in [0, 0.1) is 11.7 Å². The number of ether oxygens (including phenoxy) is 1. The quantitative estimate of drug-likeness (QED) is 0.384. The molecule has 4 heterocycles. The Morgan fingerprint density at radius 2 is 1.61 bits per heavy atom. The summed E-state index contributed by atoms with van der Waals surface area (Å²) >= 11 is 0. The molecule has 0 spiro atoms. The largest absolute Gasteiger partial charge is 0.484 e. The van der Waals surface area contributed by atoms with Crippen LogP contribution in [0.5, 0.6) is 5.75 Å². The van der Waals surface area contributed by atoms with E-state index in [1.165, 1.54) is 12.1 Å². The van der Waals surface area contributed by atoms with Gasteiger partial charge in [0.2, 0.25) is 5.82 Å². The first-order valence-electron chi connectivity index (χ1n) is 12.5. The van der Waals surface area contributed by atoms with Crippen LogP contribution in [0.4, 0.5) is 4.39 Å². The Labute approximate surface area is 209 Å². The summed E-state index contributed by atoms with van der Waals surface area (Å²) in [7, 11) is 0. The standard InChI is InChI=1S/C29H29FN3O3/c30-24-12-7-13-25(18-24)35-26-19-33(16-14-21(26)15-17-33)20-27-31-28(32-36-27)29(34,22-8-3-1-4-9-22)23-10-5-2-6-11-23/h1-13,18,21,26,34H,14-17,19-20H2/q+1. The number of aromatic nitrogens is 2. The Bertz CT molecular complexity index is 1280. The molecule has 184 valence electrons. The summed E-state index contributed by atoms with van der Waals surface area (Å²) < 4.78 is 26.5. The van der Waals surface area contributed by atoms with E-state index in [-0.39, 0.29) is 17.7 Å². The van der Waals surface area contributed by atoms with Gasteiger partial charge in [-0.15, -0.1) is 0 Å². The van der Waals surface area contributed by atoms with Crippen LogP contribution in [0.2, 0.25) is 0 Å². The lowest BCUT2D eigenvalue weighted by atomic mass is 9.83. The summed E-state index contributed by atoms with van der Waals surface area (Å²) in [5.74, 6) is 1.48. The average Bonchev–Trinajstić information content (AvgIpc) is 3.38. The first kappa shape index (κ1) is 22.9. The van der Waals surface area contributed by atoms with Crippen molar-refractivity contribution in [2.24, 2.45) is 5.92 Å². The summed E-state index contributed by atoms with van der Waals surface area (Å²) in [4.78, 5) is 4.73. The molecule has 0 saturated carbocycles. The number of hydrogen-bond acceptors (Lipinski definition) is 5. The van der Waals surface area contributed by atoms with Gasteiger partial charge in [-0.05, 0) is 23.3 Å². The second-order valence-corrected chi connectivity index (χ2v) is 10.0. The van der Waals surface area contributed by atoms with Gasteiger partial charge in [0, 0.05) is 24.8 Å². The highest BCUT2D eigenvalue weighted by molar-refractivity contribution is 5.42. The predicted octanol–water partition coefficient (Wildman–Crippen LogP) is 4.68. The average molecular weight is 487 g/mol. The molecule has 0 radical (unpaired) electrons. The van der Waals surface area contributed by atoms with Crippen molar-refractivity contribution in [1.82, 2.24) is 10.1 Å². The van der Waals surface area contributed by atoms with Gasteiger partial charge < -0.3 is 18.8 Å². The molecule has 7 heteroatoms. The van der Waals surface area contributed by atoms with E-state index in [0.717, 1.165) is 37.0 Å². The van der Waals surface area contributed by atoms with Crippen LogP contribution in [-0.2, 0) is 12.1 Å². The van der Waals surface area contributed by atoms with Crippen molar-refractivity contribution < 1.29 is 23.2 Å². The molecular weight excluding hydrogens is 457 g/mol. The molecule has 2 bridgehead atoms. The van der Waals surface area contributed by atoms with Crippen LogP contribution in [-0.4, -0.2) is 45.5 Å². The second-order valence-electron chi connectivity index (χ2n) is 10.0. The molecule has 3 aliphatic heterocycles. The van der Waals surface area contributed by atoms with Crippen LogP contribution in [0.25, 0.3) is 0 Å². The van der Waals surface area contributed by atoms with Gasteiger partial charge in [0.05, 0.1) is 13.1 Å². The van der Waals surface area contributed by atoms with Crippen molar-refractivity contribution in [1.29, 1.82) is 0 Å². The third kappa shape index (κ3) is 4.18.